The Kier molecular flexibility index (Phi) is 5.92. The number of amides is 2. The van der Waals surface area contributed by atoms with Gasteiger partial charge in [0.1, 0.15) is 6.54 Å². The van der Waals surface area contributed by atoms with Crippen LogP contribution in [0.4, 0.5) is 10.5 Å². The minimum absolute atomic E-state index is 0.0992. The van der Waals surface area contributed by atoms with Gasteiger partial charge in [-0.25, -0.2) is 0 Å². The molecule has 9 heteroatoms. The third-order valence-corrected chi connectivity index (χ3v) is 4.02. The van der Waals surface area contributed by atoms with Crippen LogP contribution < -0.4 is 0 Å². The Morgan fingerprint density at radius 1 is 1.40 bits per heavy atom. The molecule has 8 nitrogen and oxygen atoms in total. The molecule has 2 rings (SSSR count). The second-order valence-electron chi connectivity index (χ2n) is 5.70. The van der Waals surface area contributed by atoms with Gasteiger partial charge in [-0.15, -0.1) is 0 Å². The Labute approximate surface area is 148 Å². The molecule has 0 N–H and O–H groups in total. The SMILES string of the molecule is CC(C)COC(=O)CN1C(=O)S/C(=C/c2cccc([N+](=O)[O-])c2)C1=O. The number of nitrogens with zero attached hydrogens (tertiary/aromatic N) is 2. The number of esters is 1. The predicted molar refractivity (Wildman–Crippen MR) is 91.6 cm³/mol. The number of non-ortho nitro benzene ring substituents is 1. The molecule has 0 unspecified atom stereocenters. The number of hydrogen-bond donors (Lipinski definition) is 0. The van der Waals surface area contributed by atoms with Gasteiger partial charge in [-0.1, -0.05) is 26.0 Å². The monoisotopic (exact) mass is 364 g/mol. The largest absolute Gasteiger partial charge is 0.464 e. The number of thioether (sulfide) groups is 1. The number of nitro groups is 1. The average Bonchev–Trinajstić information content (AvgIpc) is 2.80. The summed E-state index contributed by atoms with van der Waals surface area (Å²) in [6, 6.07) is 5.69. The maximum atomic E-state index is 12.3. The lowest BCUT2D eigenvalue weighted by atomic mass is 10.2. The van der Waals surface area contributed by atoms with Crippen LogP contribution in [0.2, 0.25) is 0 Å². The summed E-state index contributed by atoms with van der Waals surface area (Å²) in [4.78, 5) is 47.1. The molecular formula is C16H16N2O6S. The Hall–Kier alpha value is -2.68. The fourth-order valence-corrected chi connectivity index (χ4v) is 2.79. The van der Waals surface area contributed by atoms with Crippen LogP contribution in [0.5, 0.6) is 0 Å². The smallest absolute Gasteiger partial charge is 0.326 e. The van der Waals surface area contributed by atoms with E-state index in [0.717, 1.165) is 4.90 Å². The molecule has 1 fully saturated rings. The maximum Gasteiger partial charge on any atom is 0.326 e. The van der Waals surface area contributed by atoms with Crippen molar-refractivity contribution in [3.63, 3.8) is 0 Å². The van der Waals surface area contributed by atoms with Crippen LogP contribution >= 0.6 is 11.8 Å². The van der Waals surface area contributed by atoms with Gasteiger partial charge < -0.3 is 4.74 Å². The van der Waals surface area contributed by atoms with E-state index in [1.165, 1.54) is 24.3 Å². The quantitative estimate of drug-likeness (QED) is 0.330. The second kappa shape index (κ2) is 7.93. The third kappa shape index (κ3) is 4.90. The van der Waals surface area contributed by atoms with Crippen LogP contribution in [0.15, 0.2) is 29.2 Å². The first-order valence-electron chi connectivity index (χ1n) is 7.43. The summed E-state index contributed by atoms with van der Waals surface area (Å²) in [5.41, 5.74) is 0.298. The molecule has 0 atom stereocenters. The van der Waals surface area contributed by atoms with Crippen molar-refractivity contribution in [2.24, 2.45) is 5.92 Å². The van der Waals surface area contributed by atoms with Crippen molar-refractivity contribution in [2.45, 2.75) is 13.8 Å². The maximum absolute atomic E-state index is 12.3. The van der Waals surface area contributed by atoms with Crippen LogP contribution in [0.3, 0.4) is 0 Å². The van der Waals surface area contributed by atoms with Crippen molar-refractivity contribution in [3.05, 3.63) is 44.8 Å². The molecule has 1 aliphatic rings. The molecule has 0 aliphatic carbocycles. The molecule has 0 aromatic heterocycles. The van der Waals surface area contributed by atoms with Crippen molar-refractivity contribution in [1.82, 2.24) is 4.90 Å². The number of imide groups is 1. The lowest BCUT2D eigenvalue weighted by Gasteiger charge is -2.12. The summed E-state index contributed by atoms with van der Waals surface area (Å²) in [6.45, 7) is 3.49. The molecule has 0 spiro atoms. The van der Waals surface area contributed by atoms with E-state index < -0.39 is 28.6 Å². The second-order valence-corrected chi connectivity index (χ2v) is 6.69. The molecular weight excluding hydrogens is 348 g/mol. The first-order chi connectivity index (χ1) is 11.8. The highest BCUT2D eigenvalue weighted by molar-refractivity contribution is 8.18. The minimum Gasteiger partial charge on any atom is -0.464 e. The topological polar surface area (TPSA) is 107 Å². The van der Waals surface area contributed by atoms with Crippen LogP contribution in [-0.2, 0) is 14.3 Å². The number of carbonyl (C=O) groups is 3. The van der Waals surface area contributed by atoms with Crippen LogP contribution in [0.1, 0.15) is 19.4 Å². The van der Waals surface area contributed by atoms with Crippen LogP contribution in [-0.4, -0.2) is 40.1 Å². The van der Waals surface area contributed by atoms with E-state index in [1.807, 2.05) is 13.8 Å². The molecule has 25 heavy (non-hydrogen) atoms. The van der Waals surface area contributed by atoms with Gasteiger partial charge in [0.25, 0.3) is 16.8 Å². The Morgan fingerprint density at radius 2 is 2.12 bits per heavy atom. The molecule has 1 heterocycles. The Morgan fingerprint density at radius 3 is 2.76 bits per heavy atom. The van der Waals surface area contributed by atoms with E-state index in [-0.39, 0.29) is 23.1 Å². The first kappa shape index (κ1) is 18.7. The van der Waals surface area contributed by atoms with E-state index in [0.29, 0.717) is 17.3 Å². The van der Waals surface area contributed by atoms with Gasteiger partial charge in [0, 0.05) is 12.1 Å². The van der Waals surface area contributed by atoms with Crippen molar-refractivity contribution in [1.29, 1.82) is 0 Å². The summed E-state index contributed by atoms with van der Waals surface area (Å²) < 4.78 is 4.97. The number of benzene rings is 1. The van der Waals surface area contributed by atoms with Crippen molar-refractivity contribution in [3.8, 4) is 0 Å². The van der Waals surface area contributed by atoms with Gasteiger partial charge in [0.2, 0.25) is 0 Å². The molecule has 1 aromatic carbocycles. The van der Waals surface area contributed by atoms with Crippen molar-refractivity contribution in [2.75, 3.05) is 13.2 Å². The summed E-state index contributed by atoms with van der Waals surface area (Å²) >= 11 is 0.678. The first-order valence-corrected chi connectivity index (χ1v) is 8.25. The standard InChI is InChI=1S/C16H16N2O6S/c1-10(2)9-24-14(19)8-17-15(20)13(25-16(17)21)7-11-4-3-5-12(6-11)18(22)23/h3-7,10H,8-9H2,1-2H3/b13-7+. The normalized spacial score (nSPS) is 16.0. The fraction of sp³-hybridized carbons (Fsp3) is 0.312. The summed E-state index contributed by atoms with van der Waals surface area (Å²) in [5.74, 6) is -1.14. The molecule has 0 radical (unpaired) electrons. The highest BCUT2D eigenvalue weighted by Gasteiger charge is 2.36. The van der Waals surface area contributed by atoms with Crippen LogP contribution in [0.25, 0.3) is 6.08 Å². The van der Waals surface area contributed by atoms with Crippen molar-refractivity contribution < 1.29 is 24.0 Å². The lowest BCUT2D eigenvalue weighted by molar-refractivity contribution is -0.384. The highest BCUT2D eigenvalue weighted by Crippen LogP contribution is 2.32. The summed E-state index contributed by atoms with van der Waals surface area (Å²) in [6.07, 6.45) is 1.39. The van der Waals surface area contributed by atoms with Gasteiger partial charge in [-0.3, -0.25) is 29.4 Å². The molecule has 1 aromatic rings. The van der Waals surface area contributed by atoms with Gasteiger partial charge in [-0.2, -0.15) is 0 Å². The van der Waals surface area contributed by atoms with Gasteiger partial charge >= 0.3 is 5.97 Å². The number of hydrogen-bond acceptors (Lipinski definition) is 7. The molecule has 2 amide bonds. The van der Waals surface area contributed by atoms with E-state index in [1.54, 1.807) is 6.07 Å². The molecule has 1 aliphatic heterocycles. The summed E-state index contributed by atoms with van der Waals surface area (Å²) in [7, 11) is 0. The average molecular weight is 364 g/mol. The minimum atomic E-state index is -0.660. The number of rotatable bonds is 6. The predicted octanol–water partition coefficient (Wildman–Crippen LogP) is 2.83. The number of ether oxygens (including phenoxy) is 1. The molecule has 0 saturated carbocycles. The van der Waals surface area contributed by atoms with Crippen LogP contribution in [0, 0.1) is 16.0 Å². The highest BCUT2D eigenvalue weighted by atomic mass is 32.2. The molecule has 132 valence electrons. The van der Waals surface area contributed by atoms with Gasteiger partial charge in [0.15, 0.2) is 0 Å². The van der Waals surface area contributed by atoms with E-state index in [4.69, 9.17) is 4.74 Å². The van der Waals surface area contributed by atoms with Gasteiger partial charge in [0.05, 0.1) is 16.4 Å². The fourth-order valence-electron chi connectivity index (χ4n) is 1.95. The Balaban J connectivity index is 2.11. The zero-order valence-electron chi connectivity index (χ0n) is 13.6. The third-order valence-electron chi connectivity index (χ3n) is 3.12. The van der Waals surface area contributed by atoms with E-state index >= 15 is 0 Å². The van der Waals surface area contributed by atoms with Crippen molar-refractivity contribution >= 4 is 40.6 Å². The molecule has 1 saturated heterocycles. The number of nitro benzene ring substituents is 1. The lowest BCUT2D eigenvalue weighted by Crippen LogP contribution is -2.34. The molecule has 0 bridgehead atoms. The van der Waals surface area contributed by atoms with Gasteiger partial charge in [-0.05, 0) is 29.3 Å². The Bertz CT molecular complexity index is 759. The van der Waals surface area contributed by atoms with E-state index in [9.17, 15) is 24.5 Å². The van der Waals surface area contributed by atoms with E-state index in [2.05, 4.69) is 0 Å². The zero-order valence-corrected chi connectivity index (χ0v) is 14.4. The number of carbonyl (C=O) groups excluding carboxylic acids is 3. The summed E-state index contributed by atoms with van der Waals surface area (Å²) in [5, 5.41) is 10.2. The zero-order chi connectivity index (χ0) is 18.6.